The number of carbonyl (C=O) groups excluding carboxylic acids is 1. The molecule has 1 aliphatic rings. The highest BCUT2D eigenvalue weighted by Crippen LogP contribution is 2.37. The van der Waals surface area contributed by atoms with Gasteiger partial charge in [-0.2, -0.15) is 0 Å². The number of piperidine rings is 1. The fourth-order valence-electron chi connectivity index (χ4n) is 3.71. The van der Waals surface area contributed by atoms with Crippen molar-refractivity contribution in [2.24, 2.45) is 5.41 Å². The molecule has 0 saturated carbocycles. The maximum absolute atomic E-state index is 13.9. The third-order valence-corrected chi connectivity index (χ3v) is 5.34. The zero-order chi connectivity index (χ0) is 20.3. The highest BCUT2D eigenvalue weighted by atomic mass is 19.1. The maximum atomic E-state index is 13.9. The van der Waals surface area contributed by atoms with E-state index in [4.69, 9.17) is 4.74 Å². The number of amides is 1. The molecule has 0 bridgehead atoms. The van der Waals surface area contributed by atoms with Crippen molar-refractivity contribution in [3.63, 3.8) is 0 Å². The second-order valence-electron chi connectivity index (χ2n) is 6.96. The summed E-state index contributed by atoms with van der Waals surface area (Å²) in [5.41, 5.74) is -0.541. The van der Waals surface area contributed by atoms with Gasteiger partial charge in [-0.15, -0.1) is 0 Å². The largest absolute Gasteiger partial charge is 0.493 e. The van der Waals surface area contributed by atoms with E-state index < -0.39 is 29.2 Å². The van der Waals surface area contributed by atoms with Crippen molar-refractivity contribution >= 4 is 11.9 Å². The molecule has 3 rings (SSSR count). The van der Waals surface area contributed by atoms with Crippen molar-refractivity contribution < 1.29 is 28.9 Å². The molecule has 0 radical (unpaired) electrons. The molecule has 6 nitrogen and oxygen atoms in total. The van der Waals surface area contributed by atoms with Crippen LogP contribution in [0.25, 0.3) is 0 Å². The number of carbonyl (C=O) groups is 2. The van der Waals surface area contributed by atoms with Gasteiger partial charge in [0.15, 0.2) is 11.6 Å². The Kier molecular flexibility index (Phi) is 5.65. The molecule has 28 heavy (non-hydrogen) atoms. The SMILES string of the molecule is COc1c(F)cccc1C(=O)N1CC[C@](Cc2ccccc2)(C(=O)O)[C@H](O)C1. The lowest BCUT2D eigenvalue weighted by atomic mass is 9.71. The Balaban J connectivity index is 1.83. The van der Waals surface area contributed by atoms with Gasteiger partial charge >= 0.3 is 5.97 Å². The zero-order valence-electron chi connectivity index (χ0n) is 15.5. The van der Waals surface area contributed by atoms with Crippen molar-refractivity contribution in [1.29, 1.82) is 0 Å². The minimum absolute atomic E-state index is 0.0422. The van der Waals surface area contributed by atoms with Crippen LogP contribution < -0.4 is 4.74 Å². The first-order valence-corrected chi connectivity index (χ1v) is 8.96. The molecule has 2 atom stereocenters. The summed E-state index contributed by atoms with van der Waals surface area (Å²) in [4.78, 5) is 26.2. The Labute approximate surface area is 162 Å². The molecule has 0 aliphatic carbocycles. The minimum atomic E-state index is -1.38. The number of rotatable bonds is 5. The number of halogens is 1. The fraction of sp³-hybridized carbons (Fsp3) is 0.333. The summed E-state index contributed by atoms with van der Waals surface area (Å²) in [7, 11) is 1.27. The molecule has 1 fully saturated rings. The van der Waals surface area contributed by atoms with E-state index in [1.807, 2.05) is 30.3 Å². The second-order valence-corrected chi connectivity index (χ2v) is 6.96. The normalized spacial score (nSPS) is 22.0. The number of para-hydroxylation sites is 1. The number of carboxylic acid groups (broad SMARTS) is 1. The monoisotopic (exact) mass is 387 g/mol. The molecule has 0 unspecified atom stereocenters. The number of aliphatic hydroxyl groups excluding tert-OH is 1. The Hall–Kier alpha value is -2.93. The molecule has 7 heteroatoms. The summed E-state index contributed by atoms with van der Waals surface area (Å²) in [6.07, 6.45) is -1.01. The van der Waals surface area contributed by atoms with Gasteiger partial charge in [0, 0.05) is 13.1 Å². The van der Waals surface area contributed by atoms with Gasteiger partial charge in [-0.25, -0.2) is 4.39 Å². The number of aliphatic hydroxyl groups is 1. The number of β-amino-alcohol motifs (C(OH)–C–C–N with tert-alkyl or cyclic N) is 1. The van der Waals surface area contributed by atoms with E-state index in [-0.39, 0.29) is 37.2 Å². The zero-order valence-corrected chi connectivity index (χ0v) is 15.5. The smallest absolute Gasteiger partial charge is 0.312 e. The van der Waals surface area contributed by atoms with Crippen LogP contribution in [0.2, 0.25) is 0 Å². The van der Waals surface area contributed by atoms with E-state index in [1.54, 1.807) is 0 Å². The lowest BCUT2D eigenvalue weighted by Gasteiger charge is -2.43. The van der Waals surface area contributed by atoms with Crippen LogP contribution in [0.5, 0.6) is 5.75 Å². The van der Waals surface area contributed by atoms with Crippen LogP contribution in [0.4, 0.5) is 4.39 Å². The molecule has 1 saturated heterocycles. The van der Waals surface area contributed by atoms with Crippen molar-refractivity contribution in [2.45, 2.75) is 18.9 Å². The average Bonchev–Trinajstić information content (AvgIpc) is 2.69. The molecule has 1 amide bonds. The van der Waals surface area contributed by atoms with Crippen molar-refractivity contribution in [2.75, 3.05) is 20.2 Å². The van der Waals surface area contributed by atoms with E-state index in [0.29, 0.717) is 0 Å². The summed E-state index contributed by atoms with van der Waals surface area (Å²) in [5, 5.41) is 20.6. The Morgan fingerprint density at radius 3 is 2.54 bits per heavy atom. The number of carboxylic acids is 1. The third-order valence-electron chi connectivity index (χ3n) is 5.34. The third kappa shape index (κ3) is 3.57. The highest BCUT2D eigenvalue weighted by molar-refractivity contribution is 5.97. The molecular weight excluding hydrogens is 365 g/mol. The van der Waals surface area contributed by atoms with Crippen LogP contribution in [-0.2, 0) is 11.2 Å². The van der Waals surface area contributed by atoms with Crippen LogP contribution in [0.1, 0.15) is 22.3 Å². The molecule has 2 N–H and O–H groups in total. The van der Waals surface area contributed by atoms with Gasteiger partial charge < -0.3 is 19.8 Å². The topological polar surface area (TPSA) is 87.1 Å². The first kappa shape index (κ1) is 19.8. The Bertz CT molecular complexity index is 872. The van der Waals surface area contributed by atoms with Crippen molar-refractivity contribution in [3.8, 4) is 5.75 Å². The lowest BCUT2D eigenvalue weighted by Crippen LogP contribution is -2.57. The number of hydrogen-bond acceptors (Lipinski definition) is 4. The number of aliphatic carboxylic acids is 1. The predicted octanol–water partition coefficient (Wildman–Crippen LogP) is 2.35. The number of likely N-dealkylation sites (tertiary alicyclic amines) is 1. The number of methoxy groups -OCH3 is 1. The van der Waals surface area contributed by atoms with Crippen LogP contribution in [-0.4, -0.2) is 53.3 Å². The molecule has 2 aromatic rings. The highest BCUT2D eigenvalue weighted by Gasteiger charge is 2.49. The quantitative estimate of drug-likeness (QED) is 0.823. The van der Waals surface area contributed by atoms with Gasteiger partial charge in [0.1, 0.15) is 5.41 Å². The molecule has 1 aliphatic heterocycles. The van der Waals surface area contributed by atoms with E-state index in [1.165, 1.54) is 30.2 Å². The molecular formula is C21H22FNO5. The summed E-state index contributed by atoms with van der Waals surface area (Å²) < 4.78 is 18.9. The van der Waals surface area contributed by atoms with E-state index in [9.17, 15) is 24.2 Å². The summed E-state index contributed by atoms with van der Waals surface area (Å²) in [5.74, 6) is -2.43. The maximum Gasteiger partial charge on any atom is 0.312 e. The van der Waals surface area contributed by atoms with Crippen LogP contribution >= 0.6 is 0 Å². The van der Waals surface area contributed by atoms with E-state index in [0.717, 1.165) is 5.56 Å². The fourth-order valence-corrected chi connectivity index (χ4v) is 3.71. The van der Waals surface area contributed by atoms with Crippen LogP contribution in [0, 0.1) is 11.2 Å². The van der Waals surface area contributed by atoms with Crippen LogP contribution in [0.15, 0.2) is 48.5 Å². The number of nitrogens with zero attached hydrogens (tertiary/aromatic N) is 1. The molecule has 0 aromatic heterocycles. The molecule has 0 spiro atoms. The van der Waals surface area contributed by atoms with Gasteiger partial charge in [-0.1, -0.05) is 36.4 Å². The lowest BCUT2D eigenvalue weighted by molar-refractivity contribution is -0.161. The number of ether oxygens (including phenoxy) is 1. The van der Waals surface area contributed by atoms with E-state index in [2.05, 4.69) is 0 Å². The van der Waals surface area contributed by atoms with Crippen LogP contribution in [0.3, 0.4) is 0 Å². The second kappa shape index (κ2) is 7.98. The van der Waals surface area contributed by atoms with Gasteiger partial charge in [0.05, 0.1) is 18.8 Å². The summed E-state index contributed by atoms with van der Waals surface area (Å²) in [6, 6.07) is 13.1. The molecule has 2 aromatic carbocycles. The van der Waals surface area contributed by atoms with Gasteiger partial charge in [-0.05, 0) is 30.5 Å². The summed E-state index contributed by atoms with van der Waals surface area (Å²) >= 11 is 0. The first-order valence-electron chi connectivity index (χ1n) is 8.96. The molecule has 1 heterocycles. The predicted molar refractivity (Wildman–Crippen MR) is 99.7 cm³/mol. The molecule has 148 valence electrons. The van der Waals surface area contributed by atoms with Gasteiger partial charge in [0.25, 0.3) is 5.91 Å². The van der Waals surface area contributed by atoms with E-state index >= 15 is 0 Å². The Morgan fingerprint density at radius 2 is 1.93 bits per heavy atom. The van der Waals surface area contributed by atoms with Gasteiger partial charge in [0.2, 0.25) is 0 Å². The van der Waals surface area contributed by atoms with Crippen molar-refractivity contribution in [3.05, 3.63) is 65.5 Å². The van der Waals surface area contributed by atoms with Gasteiger partial charge in [-0.3, -0.25) is 9.59 Å². The standard InChI is InChI=1S/C21H22FNO5/c1-28-18-15(8-5-9-16(18)22)19(25)23-11-10-21(20(26)27,17(24)13-23)12-14-6-3-2-4-7-14/h2-9,17,24H,10-13H2,1H3,(H,26,27)/t17-,21-/m1/s1. The first-order chi connectivity index (χ1) is 13.4. The average molecular weight is 387 g/mol. The summed E-state index contributed by atoms with van der Waals surface area (Å²) in [6.45, 7) is -0.0215. The minimum Gasteiger partial charge on any atom is -0.493 e. The Morgan fingerprint density at radius 1 is 1.21 bits per heavy atom. The number of hydrogen-bond donors (Lipinski definition) is 2. The number of benzene rings is 2. The van der Waals surface area contributed by atoms with Crippen molar-refractivity contribution in [1.82, 2.24) is 4.90 Å².